The highest BCUT2D eigenvalue weighted by atomic mass is 35.5. The molecule has 140 valence electrons. The molecule has 26 heavy (non-hydrogen) atoms. The number of methoxy groups -OCH3 is 1. The second kappa shape index (κ2) is 8.35. The Hall–Kier alpha value is -1.67. The highest BCUT2D eigenvalue weighted by Crippen LogP contribution is 2.30. The van der Waals surface area contributed by atoms with Gasteiger partial charge < -0.3 is 10.1 Å². The van der Waals surface area contributed by atoms with Gasteiger partial charge in [-0.1, -0.05) is 34.8 Å². The number of carbonyl (C=O) groups excluding carboxylic acids is 1. The molecule has 0 atom stereocenters. The zero-order valence-corrected chi connectivity index (χ0v) is 16.9. The Bertz CT molecular complexity index is 915. The zero-order valence-electron chi connectivity index (χ0n) is 13.8. The van der Waals surface area contributed by atoms with Crippen molar-refractivity contribution in [1.29, 1.82) is 0 Å². The summed E-state index contributed by atoms with van der Waals surface area (Å²) in [6.07, 6.45) is 0.995. The number of nitrogens with one attached hydrogen (secondary N) is 1. The van der Waals surface area contributed by atoms with Gasteiger partial charge in [-0.3, -0.25) is 9.10 Å². The Morgan fingerprint density at radius 3 is 2.23 bits per heavy atom. The van der Waals surface area contributed by atoms with E-state index < -0.39 is 22.5 Å². The lowest BCUT2D eigenvalue weighted by atomic mass is 10.3. The molecular formula is C16H15Cl3N2O4S. The van der Waals surface area contributed by atoms with Crippen LogP contribution in [0.3, 0.4) is 0 Å². The first-order valence-electron chi connectivity index (χ1n) is 7.17. The van der Waals surface area contributed by atoms with Crippen LogP contribution in [0.1, 0.15) is 0 Å². The molecule has 0 aliphatic carbocycles. The molecule has 1 amide bonds. The molecular weight excluding hydrogens is 423 g/mol. The lowest BCUT2D eigenvalue weighted by Crippen LogP contribution is -2.37. The number of halogens is 3. The molecule has 2 aromatic rings. The first-order valence-corrected chi connectivity index (χ1v) is 10.2. The summed E-state index contributed by atoms with van der Waals surface area (Å²) in [5, 5.41) is 3.47. The van der Waals surface area contributed by atoms with Crippen molar-refractivity contribution in [2.24, 2.45) is 0 Å². The van der Waals surface area contributed by atoms with Gasteiger partial charge in [-0.25, -0.2) is 8.42 Å². The standard InChI is InChI=1S/C16H15Cl3N2O4S/c1-25-15-4-3-13(8-14(15)19)21(26(2,23)24)9-16(22)20-12-6-10(17)5-11(18)7-12/h3-8H,9H2,1-2H3,(H,20,22). The van der Waals surface area contributed by atoms with E-state index in [4.69, 9.17) is 39.5 Å². The molecule has 10 heteroatoms. The molecule has 0 fully saturated rings. The summed E-state index contributed by atoms with van der Waals surface area (Å²) in [5.41, 5.74) is 0.589. The molecule has 0 aliphatic heterocycles. The summed E-state index contributed by atoms with van der Waals surface area (Å²) in [4.78, 5) is 12.3. The fraction of sp³-hybridized carbons (Fsp3) is 0.188. The van der Waals surface area contributed by atoms with Crippen molar-refractivity contribution in [2.75, 3.05) is 29.5 Å². The normalized spacial score (nSPS) is 11.1. The number of hydrogen-bond acceptors (Lipinski definition) is 4. The molecule has 6 nitrogen and oxygen atoms in total. The van der Waals surface area contributed by atoms with E-state index in [1.165, 1.54) is 43.5 Å². The molecule has 1 N–H and O–H groups in total. The van der Waals surface area contributed by atoms with E-state index in [9.17, 15) is 13.2 Å². The van der Waals surface area contributed by atoms with Gasteiger partial charge in [0.15, 0.2) is 0 Å². The van der Waals surface area contributed by atoms with Crippen molar-refractivity contribution in [3.8, 4) is 5.75 Å². The number of sulfonamides is 1. The van der Waals surface area contributed by atoms with Crippen molar-refractivity contribution in [3.63, 3.8) is 0 Å². The summed E-state index contributed by atoms with van der Waals surface area (Å²) >= 11 is 17.8. The summed E-state index contributed by atoms with van der Waals surface area (Å²) in [6.45, 7) is -0.453. The van der Waals surface area contributed by atoms with Crippen LogP contribution in [-0.2, 0) is 14.8 Å². The van der Waals surface area contributed by atoms with Crippen LogP contribution in [0, 0.1) is 0 Å². The van der Waals surface area contributed by atoms with Gasteiger partial charge in [-0.2, -0.15) is 0 Å². The third kappa shape index (κ3) is 5.41. The maximum atomic E-state index is 12.3. The number of anilines is 2. The van der Waals surface area contributed by atoms with Gasteiger partial charge in [-0.05, 0) is 36.4 Å². The lowest BCUT2D eigenvalue weighted by Gasteiger charge is -2.22. The molecule has 0 radical (unpaired) electrons. The van der Waals surface area contributed by atoms with Crippen LogP contribution in [0.4, 0.5) is 11.4 Å². The fourth-order valence-electron chi connectivity index (χ4n) is 2.17. The largest absolute Gasteiger partial charge is 0.495 e. The van der Waals surface area contributed by atoms with Gasteiger partial charge in [0.05, 0.1) is 24.1 Å². The Morgan fingerprint density at radius 2 is 1.73 bits per heavy atom. The topological polar surface area (TPSA) is 75.7 Å². The van der Waals surface area contributed by atoms with E-state index in [-0.39, 0.29) is 10.7 Å². The lowest BCUT2D eigenvalue weighted by molar-refractivity contribution is -0.114. The molecule has 0 bridgehead atoms. The number of amides is 1. The zero-order chi connectivity index (χ0) is 19.5. The summed E-state index contributed by atoms with van der Waals surface area (Å²) in [5.74, 6) is -0.178. The van der Waals surface area contributed by atoms with Crippen LogP contribution in [-0.4, -0.2) is 34.2 Å². The molecule has 0 aromatic heterocycles. The van der Waals surface area contributed by atoms with Crippen molar-refractivity contribution in [2.45, 2.75) is 0 Å². The molecule has 0 unspecified atom stereocenters. The van der Waals surface area contributed by atoms with Crippen LogP contribution in [0.25, 0.3) is 0 Å². The molecule has 2 aromatic carbocycles. The molecule has 2 rings (SSSR count). The van der Waals surface area contributed by atoms with Gasteiger partial charge >= 0.3 is 0 Å². The second-order valence-corrected chi connectivity index (χ2v) is 8.48. The average molecular weight is 438 g/mol. The predicted molar refractivity (Wildman–Crippen MR) is 105 cm³/mol. The quantitative estimate of drug-likeness (QED) is 0.739. The third-order valence-corrected chi connectivity index (χ3v) is 5.13. The van der Waals surface area contributed by atoms with Crippen LogP contribution in [0.5, 0.6) is 5.75 Å². The van der Waals surface area contributed by atoms with Gasteiger partial charge in [-0.15, -0.1) is 0 Å². The summed E-state index contributed by atoms with van der Waals surface area (Å²) < 4.78 is 30.2. The third-order valence-electron chi connectivity index (χ3n) is 3.26. The number of carbonyl (C=O) groups is 1. The maximum absolute atomic E-state index is 12.3. The van der Waals surface area contributed by atoms with Gasteiger partial charge in [0.2, 0.25) is 15.9 Å². The number of rotatable bonds is 6. The SMILES string of the molecule is COc1ccc(N(CC(=O)Nc2cc(Cl)cc(Cl)c2)S(C)(=O)=O)cc1Cl. The smallest absolute Gasteiger partial charge is 0.245 e. The van der Waals surface area contributed by atoms with Gasteiger partial charge in [0, 0.05) is 15.7 Å². The minimum absolute atomic E-state index is 0.223. The number of benzene rings is 2. The first-order chi connectivity index (χ1) is 12.1. The second-order valence-electron chi connectivity index (χ2n) is 5.29. The number of ether oxygens (including phenoxy) is 1. The predicted octanol–water partition coefficient (Wildman–Crippen LogP) is 4.06. The number of nitrogens with zero attached hydrogens (tertiary/aromatic N) is 1. The summed E-state index contributed by atoms with van der Waals surface area (Å²) in [6, 6.07) is 8.94. The van der Waals surface area contributed by atoms with Crippen LogP contribution >= 0.6 is 34.8 Å². The van der Waals surface area contributed by atoms with E-state index >= 15 is 0 Å². The Morgan fingerprint density at radius 1 is 1.12 bits per heavy atom. The molecule has 0 heterocycles. The van der Waals surface area contributed by atoms with E-state index in [0.717, 1.165) is 10.6 Å². The van der Waals surface area contributed by atoms with Crippen molar-refractivity contribution < 1.29 is 17.9 Å². The molecule has 0 saturated heterocycles. The number of hydrogen-bond donors (Lipinski definition) is 1. The maximum Gasteiger partial charge on any atom is 0.245 e. The Balaban J connectivity index is 2.25. The van der Waals surface area contributed by atoms with Crippen molar-refractivity contribution in [3.05, 3.63) is 51.5 Å². The summed E-state index contributed by atoms with van der Waals surface area (Å²) in [7, 11) is -2.29. The van der Waals surface area contributed by atoms with Crippen LogP contribution in [0.2, 0.25) is 15.1 Å². The highest BCUT2D eigenvalue weighted by molar-refractivity contribution is 7.92. The Labute approximate surface area is 166 Å². The monoisotopic (exact) mass is 436 g/mol. The highest BCUT2D eigenvalue weighted by Gasteiger charge is 2.22. The molecule has 0 spiro atoms. The molecule has 0 aliphatic rings. The van der Waals surface area contributed by atoms with E-state index in [0.29, 0.717) is 21.5 Å². The minimum atomic E-state index is -3.74. The van der Waals surface area contributed by atoms with Gasteiger partial charge in [0.1, 0.15) is 12.3 Å². The minimum Gasteiger partial charge on any atom is -0.495 e. The fourth-order valence-corrected chi connectivity index (χ4v) is 3.79. The van der Waals surface area contributed by atoms with Crippen molar-refractivity contribution in [1.82, 2.24) is 0 Å². The van der Waals surface area contributed by atoms with Gasteiger partial charge in [0.25, 0.3) is 0 Å². The van der Waals surface area contributed by atoms with Crippen molar-refractivity contribution >= 4 is 62.1 Å². The van der Waals surface area contributed by atoms with E-state index in [1.807, 2.05) is 0 Å². The van der Waals surface area contributed by atoms with E-state index in [1.54, 1.807) is 0 Å². The van der Waals surface area contributed by atoms with Crippen LogP contribution in [0.15, 0.2) is 36.4 Å². The Kier molecular flexibility index (Phi) is 6.63. The molecule has 0 saturated carbocycles. The average Bonchev–Trinajstić information content (AvgIpc) is 2.50. The van der Waals surface area contributed by atoms with Crippen LogP contribution < -0.4 is 14.4 Å². The first kappa shape index (κ1) is 20.6. The van der Waals surface area contributed by atoms with E-state index in [2.05, 4.69) is 5.32 Å².